The van der Waals surface area contributed by atoms with Gasteiger partial charge in [-0.1, -0.05) is 45.0 Å². The fourth-order valence-electron chi connectivity index (χ4n) is 3.27. The van der Waals surface area contributed by atoms with Crippen molar-refractivity contribution < 1.29 is 14.6 Å². The third kappa shape index (κ3) is 6.49. The van der Waals surface area contributed by atoms with Crippen molar-refractivity contribution in [3.63, 3.8) is 0 Å². The van der Waals surface area contributed by atoms with Gasteiger partial charge in [0.25, 0.3) is 0 Å². The predicted molar refractivity (Wildman–Crippen MR) is 124 cm³/mol. The number of alkyl halides is 1. The Balaban J connectivity index is 1.57. The zero-order valence-corrected chi connectivity index (χ0v) is 19.1. The topological polar surface area (TPSA) is 56.5 Å². The Bertz CT molecular complexity index is 909. The van der Waals surface area contributed by atoms with E-state index in [9.17, 15) is 5.11 Å². The fourth-order valence-corrected chi connectivity index (χ4v) is 3.36. The van der Waals surface area contributed by atoms with Crippen LogP contribution in [0.15, 0.2) is 67.3 Å². The number of halogens is 1. The first kappa shape index (κ1) is 23.2. The van der Waals surface area contributed by atoms with Crippen LogP contribution in [0.5, 0.6) is 11.5 Å². The highest BCUT2D eigenvalue weighted by molar-refractivity contribution is 6.18. The number of imidazole rings is 1. The normalized spacial score (nSPS) is 13.6. The SMILES string of the molecule is C[C@H](CCl)COc1ccc(C(C)(C)c2ccc(OC[C@@H](O)Cn3ccnc3)cc2)cc1. The molecule has 166 valence electrons. The average Bonchev–Trinajstić information content (AvgIpc) is 3.29. The number of benzene rings is 2. The van der Waals surface area contributed by atoms with Gasteiger partial charge < -0.3 is 19.1 Å². The van der Waals surface area contributed by atoms with E-state index in [0.717, 1.165) is 11.5 Å². The van der Waals surface area contributed by atoms with Crippen molar-refractivity contribution >= 4 is 11.6 Å². The minimum absolute atomic E-state index is 0.165. The molecule has 0 fully saturated rings. The number of aromatic nitrogens is 2. The van der Waals surface area contributed by atoms with E-state index in [1.165, 1.54) is 11.1 Å². The molecule has 0 aliphatic carbocycles. The molecule has 1 heterocycles. The summed E-state index contributed by atoms with van der Waals surface area (Å²) >= 11 is 5.84. The van der Waals surface area contributed by atoms with Crippen LogP contribution in [-0.2, 0) is 12.0 Å². The van der Waals surface area contributed by atoms with Gasteiger partial charge in [0.15, 0.2) is 0 Å². The molecule has 2 aromatic carbocycles. The third-order valence-electron chi connectivity index (χ3n) is 5.37. The Morgan fingerprint density at radius 2 is 1.52 bits per heavy atom. The second kappa shape index (κ2) is 10.7. The van der Waals surface area contributed by atoms with Gasteiger partial charge in [0.1, 0.15) is 24.2 Å². The Morgan fingerprint density at radius 3 is 2.00 bits per heavy atom. The fraction of sp³-hybridized carbons (Fsp3) is 0.400. The molecule has 5 nitrogen and oxygen atoms in total. The van der Waals surface area contributed by atoms with Crippen molar-refractivity contribution in [1.82, 2.24) is 9.55 Å². The molecule has 31 heavy (non-hydrogen) atoms. The van der Waals surface area contributed by atoms with E-state index in [-0.39, 0.29) is 12.0 Å². The lowest BCUT2D eigenvalue weighted by atomic mass is 9.78. The molecule has 1 aromatic heterocycles. The van der Waals surface area contributed by atoms with Crippen LogP contribution in [-0.4, -0.2) is 39.9 Å². The second-order valence-corrected chi connectivity index (χ2v) is 8.78. The summed E-state index contributed by atoms with van der Waals surface area (Å²) in [6.45, 7) is 7.76. The molecule has 2 atom stereocenters. The van der Waals surface area contributed by atoms with Gasteiger partial charge in [0.05, 0.1) is 19.5 Å². The van der Waals surface area contributed by atoms with Crippen LogP contribution in [0.3, 0.4) is 0 Å². The molecule has 1 N–H and O–H groups in total. The minimum Gasteiger partial charge on any atom is -0.493 e. The first-order valence-electron chi connectivity index (χ1n) is 10.5. The summed E-state index contributed by atoms with van der Waals surface area (Å²) in [5, 5.41) is 10.1. The number of aliphatic hydroxyl groups is 1. The van der Waals surface area contributed by atoms with E-state index in [2.05, 4.69) is 50.0 Å². The van der Waals surface area contributed by atoms with E-state index in [1.807, 2.05) is 35.0 Å². The summed E-state index contributed by atoms with van der Waals surface area (Å²) in [5.74, 6) is 2.51. The van der Waals surface area contributed by atoms with Gasteiger partial charge in [-0.2, -0.15) is 0 Å². The highest BCUT2D eigenvalue weighted by Gasteiger charge is 2.23. The Kier molecular flexibility index (Phi) is 7.99. The van der Waals surface area contributed by atoms with Crippen molar-refractivity contribution in [1.29, 1.82) is 0 Å². The predicted octanol–water partition coefficient (Wildman–Crippen LogP) is 4.90. The minimum atomic E-state index is -0.599. The zero-order valence-electron chi connectivity index (χ0n) is 18.4. The first-order valence-corrected chi connectivity index (χ1v) is 11.1. The van der Waals surface area contributed by atoms with Crippen LogP contribution in [0.1, 0.15) is 31.9 Å². The monoisotopic (exact) mass is 442 g/mol. The van der Waals surface area contributed by atoms with Crippen molar-refractivity contribution in [2.45, 2.75) is 38.8 Å². The maximum Gasteiger partial charge on any atom is 0.119 e. The van der Waals surface area contributed by atoms with Gasteiger partial charge in [0, 0.05) is 29.6 Å². The number of nitrogens with zero attached hydrogens (tertiary/aromatic N) is 2. The highest BCUT2D eigenvalue weighted by atomic mass is 35.5. The van der Waals surface area contributed by atoms with Gasteiger partial charge in [-0.15, -0.1) is 11.6 Å². The number of aliphatic hydroxyl groups excluding tert-OH is 1. The van der Waals surface area contributed by atoms with Crippen molar-refractivity contribution in [2.75, 3.05) is 19.1 Å². The second-order valence-electron chi connectivity index (χ2n) is 8.47. The molecule has 3 rings (SSSR count). The number of ether oxygens (including phenoxy) is 2. The van der Waals surface area contributed by atoms with E-state index in [4.69, 9.17) is 21.1 Å². The van der Waals surface area contributed by atoms with E-state index in [1.54, 1.807) is 12.5 Å². The van der Waals surface area contributed by atoms with Crippen molar-refractivity contribution in [3.05, 3.63) is 78.4 Å². The molecule has 0 spiro atoms. The van der Waals surface area contributed by atoms with Gasteiger partial charge in [-0.05, 0) is 35.4 Å². The largest absolute Gasteiger partial charge is 0.493 e. The van der Waals surface area contributed by atoms with Crippen LogP contribution < -0.4 is 9.47 Å². The molecular formula is C25H31ClN2O3. The van der Waals surface area contributed by atoms with Gasteiger partial charge in [0.2, 0.25) is 0 Å². The summed E-state index contributed by atoms with van der Waals surface area (Å²) < 4.78 is 13.4. The van der Waals surface area contributed by atoms with Gasteiger partial charge >= 0.3 is 0 Å². The first-order chi connectivity index (χ1) is 14.9. The standard InChI is InChI=1S/C25H31ClN2O3/c1-19(14-26)16-30-23-8-4-20(5-9-23)25(2,3)21-6-10-24(11-7-21)31-17-22(29)15-28-13-12-27-18-28/h4-13,18-19,22,29H,14-17H2,1-3H3/t19-,22+/m1/s1. The quantitative estimate of drug-likeness (QED) is 0.429. The maximum absolute atomic E-state index is 10.1. The molecule has 0 radical (unpaired) electrons. The molecule has 3 aromatic rings. The molecule has 0 saturated heterocycles. The molecule has 0 unspecified atom stereocenters. The molecular weight excluding hydrogens is 412 g/mol. The number of hydrogen-bond acceptors (Lipinski definition) is 4. The van der Waals surface area contributed by atoms with Gasteiger partial charge in [-0.25, -0.2) is 4.98 Å². The average molecular weight is 443 g/mol. The lowest BCUT2D eigenvalue weighted by Gasteiger charge is -2.26. The summed E-state index contributed by atoms with van der Waals surface area (Å²) in [6, 6.07) is 16.3. The molecule has 0 amide bonds. The van der Waals surface area contributed by atoms with Crippen LogP contribution >= 0.6 is 11.6 Å². The molecule has 0 saturated carbocycles. The lowest BCUT2D eigenvalue weighted by Crippen LogP contribution is -2.23. The Labute approximate surface area is 189 Å². The van der Waals surface area contributed by atoms with Crippen LogP contribution in [0.2, 0.25) is 0 Å². The van der Waals surface area contributed by atoms with Crippen LogP contribution in [0.25, 0.3) is 0 Å². The van der Waals surface area contributed by atoms with Crippen LogP contribution in [0, 0.1) is 5.92 Å². The van der Waals surface area contributed by atoms with Crippen molar-refractivity contribution in [3.8, 4) is 11.5 Å². The Morgan fingerprint density at radius 1 is 0.968 bits per heavy atom. The van der Waals surface area contributed by atoms with E-state index < -0.39 is 6.10 Å². The molecule has 0 aliphatic rings. The molecule has 0 bridgehead atoms. The number of hydrogen-bond donors (Lipinski definition) is 1. The summed E-state index contributed by atoms with van der Waals surface area (Å²) in [7, 11) is 0. The third-order valence-corrected chi connectivity index (χ3v) is 5.90. The smallest absolute Gasteiger partial charge is 0.119 e. The molecule has 0 aliphatic heterocycles. The summed E-state index contributed by atoms with van der Waals surface area (Å²) in [5.41, 5.74) is 2.22. The van der Waals surface area contributed by atoms with E-state index in [0.29, 0.717) is 24.9 Å². The number of rotatable bonds is 11. The molecule has 6 heteroatoms. The van der Waals surface area contributed by atoms with Gasteiger partial charge in [-0.3, -0.25) is 0 Å². The highest BCUT2D eigenvalue weighted by Crippen LogP contribution is 2.33. The Hall–Kier alpha value is -2.50. The van der Waals surface area contributed by atoms with E-state index >= 15 is 0 Å². The summed E-state index contributed by atoms with van der Waals surface area (Å²) in [6.07, 6.45) is 4.59. The zero-order chi connectivity index (χ0) is 22.3. The summed E-state index contributed by atoms with van der Waals surface area (Å²) in [4.78, 5) is 3.97. The van der Waals surface area contributed by atoms with Crippen molar-refractivity contribution in [2.24, 2.45) is 5.92 Å². The maximum atomic E-state index is 10.1. The van der Waals surface area contributed by atoms with Crippen LogP contribution in [0.4, 0.5) is 0 Å². The lowest BCUT2D eigenvalue weighted by molar-refractivity contribution is 0.0924.